The third-order valence-electron chi connectivity index (χ3n) is 9.52. The molecule has 4 aliphatic rings. The third-order valence-corrected chi connectivity index (χ3v) is 9.52. The Balaban J connectivity index is 1.54. The van der Waals surface area contributed by atoms with Crippen molar-refractivity contribution in [1.82, 2.24) is 0 Å². The predicted octanol–water partition coefficient (Wildman–Crippen LogP) is 4.77. The van der Waals surface area contributed by atoms with Crippen molar-refractivity contribution in [3.8, 4) is 0 Å². The van der Waals surface area contributed by atoms with Crippen molar-refractivity contribution in [3.05, 3.63) is 23.8 Å². The molecule has 0 radical (unpaired) electrons. The highest BCUT2D eigenvalue weighted by Gasteiger charge is 2.65. The Morgan fingerprint density at radius 1 is 1.24 bits per heavy atom. The van der Waals surface area contributed by atoms with Crippen molar-refractivity contribution in [2.45, 2.75) is 84.9 Å². The highest BCUT2D eigenvalue weighted by Crippen LogP contribution is 2.67. The van der Waals surface area contributed by atoms with E-state index in [-0.39, 0.29) is 60.2 Å². The molecular weight excluding hydrogens is 435 g/mol. The van der Waals surface area contributed by atoms with Gasteiger partial charge in [0.15, 0.2) is 11.6 Å². The summed E-state index contributed by atoms with van der Waals surface area (Å²) in [6.45, 7) is 7.89. The first-order chi connectivity index (χ1) is 16.0. The van der Waals surface area contributed by atoms with Crippen LogP contribution in [0.4, 0.5) is 4.39 Å². The van der Waals surface area contributed by atoms with Crippen LogP contribution in [-0.4, -0.2) is 41.5 Å². The Bertz CT molecular complexity index is 908. The number of halogens is 1. The molecule has 0 spiro atoms. The lowest BCUT2D eigenvalue weighted by Crippen LogP contribution is -2.58. The molecule has 0 aromatic carbocycles. The second-order valence-electron chi connectivity index (χ2n) is 11.7. The summed E-state index contributed by atoms with van der Waals surface area (Å²) in [5, 5.41) is 11.4. The molecule has 3 saturated carbocycles. The van der Waals surface area contributed by atoms with Crippen LogP contribution in [0.1, 0.15) is 72.6 Å². The predicted molar refractivity (Wildman–Crippen MR) is 126 cm³/mol. The van der Waals surface area contributed by atoms with Gasteiger partial charge >= 0.3 is 5.97 Å². The van der Waals surface area contributed by atoms with Crippen molar-refractivity contribution in [2.24, 2.45) is 40.4 Å². The lowest BCUT2D eigenvalue weighted by Gasteiger charge is -2.59. The first-order valence-electron chi connectivity index (χ1n) is 13.0. The maximum Gasteiger partial charge on any atom is 0.306 e. The average molecular weight is 475 g/mol. The van der Waals surface area contributed by atoms with E-state index in [1.165, 1.54) is 12.2 Å². The van der Waals surface area contributed by atoms with Gasteiger partial charge in [-0.05, 0) is 66.6 Å². The second kappa shape index (κ2) is 9.33. The monoisotopic (exact) mass is 474 g/mol. The van der Waals surface area contributed by atoms with Crippen LogP contribution in [-0.2, 0) is 19.1 Å². The summed E-state index contributed by atoms with van der Waals surface area (Å²) in [7, 11) is 0. The van der Waals surface area contributed by atoms with Gasteiger partial charge in [-0.15, -0.1) is 0 Å². The molecule has 34 heavy (non-hydrogen) atoms. The zero-order valence-electron chi connectivity index (χ0n) is 20.9. The molecule has 0 saturated heterocycles. The average Bonchev–Trinajstić information content (AvgIpc) is 3.03. The number of aliphatic hydroxyl groups is 1. The number of ketones is 2. The van der Waals surface area contributed by atoms with E-state index in [4.69, 9.17) is 4.74 Å². The van der Waals surface area contributed by atoms with Crippen LogP contribution in [0.3, 0.4) is 0 Å². The number of alkyl halides is 1. The molecule has 0 aromatic heterocycles. The molecule has 1 N–H and O–H groups in total. The van der Waals surface area contributed by atoms with E-state index in [2.05, 4.69) is 20.8 Å². The molecule has 0 heterocycles. The summed E-state index contributed by atoms with van der Waals surface area (Å²) in [5.41, 5.74) is -0.689. The van der Waals surface area contributed by atoms with Gasteiger partial charge in [-0.1, -0.05) is 46.6 Å². The molecule has 0 bridgehead atoms. The van der Waals surface area contributed by atoms with Gasteiger partial charge in [-0.3, -0.25) is 14.4 Å². The van der Waals surface area contributed by atoms with E-state index in [1.807, 2.05) is 6.92 Å². The maximum atomic E-state index is 15.4. The minimum atomic E-state index is -1.23. The van der Waals surface area contributed by atoms with Gasteiger partial charge in [0.2, 0.25) is 0 Å². The van der Waals surface area contributed by atoms with Crippen molar-refractivity contribution in [3.63, 3.8) is 0 Å². The standard InChI is InChI=1S/C28H39FO5/c1-5-6-7-8-24(33)34-15-23(32)25-16(2)11-19-18-13-21(29)20-12-17(30)9-10-27(20,3)26(18)22(31)14-28(19,25)4/h9-10,12,16,18-19,21-22,25-26,31H,5-8,11,13-15H2,1-4H3/t16-,18?,19+,21+,22+,25?,26?,27?,28?/m1/s1. The van der Waals surface area contributed by atoms with Crippen LogP contribution in [0, 0.1) is 40.4 Å². The highest BCUT2D eigenvalue weighted by atomic mass is 19.1. The zero-order valence-corrected chi connectivity index (χ0v) is 20.9. The molecule has 6 heteroatoms. The third kappa shape index (κ3) is 4.10. The van der Waals surface area contributed by atoms with E-state index in [0.717, 1.165) is 25.7 Å². The number of fused-ring (bicyclic) bond motifs is 5. The molecule has 188 valence electrons. The van der Waals surface area contributed by atoms with Gasteiger partial charge in [0, 0.05) is 23.7 Å². The van der Waals surface area contributed by atoms with Crippen LogP contribution >= 0.6 is 0 Å². The van der Waals surface area contributed by atoms with E-state index >= 15 is 4.39 Å². The minimum Gasteiger partial charge on any atom is -0.458 e. The number of rotatable bonds is 7. The Hall–Kier alpha value is -1.82. The molecule has 0 aliphatic heterocycles. The molecular formula is C28H39FO5. The van der Waals surface area contributed by atoms with Crippen LogP contribution in [0.15, 0.2) is 23.8 Å². The molecule has 4 rings (SSSR count). The van der Waals surface area contributed by atoms with Gasteiger partial charge in [0.1, 0.15) is 12.8 Å². The number of Topliss-reactive ketones (excluding diaryl/α,β-unsaturated/α-hetero) is 1. The number of unbranched alkanes of at least 4 members (excludes halogenated alkanes) is 2. The second-order valence-corrected chi connectivity index (χ2v) is 11.7. The van der Waals surface area contributed by atoms with Crippen LogP contribution in [0.5, 0.6) is 0 Å². The minimum absolute atomic E-state index is 0.0681. The van der Waals surface area contributed by atoms with E-state index in [1.54, 1.807) is 6.08 Å². The zero-order chi connectivity index (χ0) is 24.8. The highest BCUT2D eigenvalue weighted by molar-refractivity contribution is 6.01. The smallest absolute Gasteiger partial charge is 0.306 e. The van der Waals surface area contributed by atoms with Crippen LogP contribution < -0.4 is 0 Å². The van der Waals surface area contributed by atoms with Gasteiger partial charge in [0.25, 0.3) is 0 Å². The topological polar surface area (TPSA) is 80.7 Å². The fourth-order valence-corrected chi connectivity index (χ4v) is 8.22. The summed E-state index contributed by atoms with van der Waals surface area (Å²) in [4.78, 5) is 37.3. The number of hydrogen-bond acceptors (Lipinski definition) is 5. The van der Waals surface area contributed by atoms with Gasteiger partial charge < -0.3 is 9.84 Å². The van der Waals surface area contributed by atoms with Crippen molar-refractivity contribution >= 4 is 17.5 Å². The van der Waals surface area contributed by atoms with Crippen molar-refractivity contribution in [2.75, 3.05) is 6.61 Å². The molecule has 4 aliphatic carbocycles. The summed E-state index contributed by atoms with van der Waals surface area (Å²) in [6.07, 6.45) is 7.33. The number of allylic oxidation sites excluding steroid dienone is 4. The van der Waals surface area contributed by atoms with Crippen LogP contribution in [0.2, 0.25) is 0 Å². The van der Waals surface area contributed by atoms with Gasteiger partial charge in [0.05, 0.1) is 6.10 Å². The Labute approximate surface area is 202 Å². The Morgan fingerprint density at radius 3 is 2.68 bits per heavy atom. The number of carbonyl (C=O) groups excluding carboxylic acids is 3. The molecule has 9 atom stereocenters. The quantitative estimate of drug-likeness (QED) is 0.425. The van der Waals surface area contributed by atoms with Crippen molar-refractivity contribution < 1.29 is 28.6 Å². The molecule has 0 aromatic rings. The first kappa shape index (κ1) is 25.3. The Kier molecular flexibility index (Phi) is 6.93. The number of carbonyl (C=O) groups is 3. The van der Waals surface area contributed by atoms with Crippen LogP contribution in [0.25, 0.3) is 0 Å². The molecule has 5 nitrogen and oxygen atoms in total. The van der Waals surface area contributed by atoms with Gasteiger partial charge in [-0.2, -0.15) is 0 Å². The van der Waals surface area contributed by atoms with Crippen molar-refractivity contribution in [1.29, 1.82) is 0 Å². The molecule has 3 fully saturated rings. The van der Waals surface area contributed by atoms with E-state index in [9.17, 15) is 19.5 Å². The summed E-state index contributed by atoms with van der Waals surface area (Å²) >= 11 is 0. The summed E-state index contributed by atoms with van der Waals surface area (Å²) in [6, 6.07) is 0. The number of esters is 1. The molecule has 5 unspecified atom stereocenters. The SMILES string of the molecule is CCCCCC(=O)OCC(=O)C1[C@H](C)C[C@H]2C3C[C@H](F)C4=CC(=O)C=CC4(C)C3[C@@H](O)CC12C. The molecule has 0 amide bonds. The number of ether oxygens (including phenoxy) is 1. The summed E-state index contributed by atoms with van der Waals surface area (Å²) < 4.78 is 20.8. The fraction of sp³-hybridized carbons (Fsp3) is 0.750. The first-order valence-corrected chi connectivity index (χ1v) is 13.0. The number of hydrogen-bond donors (Lipinski definition) is 1. The normalized spacial score (nSPS) is 42.9. The Morgan fingerprint density at radius 2 is 1.97 bits per heavy atom. The van der Waals surface area contributed by atoms with E-state index < -0.39 is 23.1 Å². The summed E-state index contributed by atoms with van der Waals surface area (Å²) in [5.74, 6) is -1.07. The number of aliphatic hydroxyl groups excluding tert-OH is 1. The lowest BCUT2D eigenvalue weighted by molar-refractivity contribution is -0.155. The van der Waals surface area contributed by atoms with Gasteiger partial charge in [-0.25, -0.2) is 4.39 Å². The fourth-order valence-electron chi connectivity index (χ4n) is 8.22. The lowest BCUT2D eigenvalue weighted by atomic mass is 9.46. The van der Waals surface area contributed by atoms with E-state index in [0.29, 0.717) is 18.4 Å². The largest absolute Gasteiger partial charge is 0.458 e. The maximum absolute atomic E-state index is 15.4.